The first-order chi connectivity index (χ1) is 15.0. The SMILES string of the molecule is Cc1cccc(OCCCn2c(C(C)NC(=O)C3CCCO3)nc3ccccc32)c1C. The van der Waals surface area contributed by atoms with E-state index in [1.165, 1.54) is 11.1 Å². The number of ether oxygens (including phenoxy) is 2. The molecule has 31 heavy (non-hydrogen) atoms. The standard InChI is InChI=1S/C25H31N3O3/c1-17-9-6-12-22(18(17)2)30-16-8-14-28-21-11-5-4-10-20(21)27-24(28)19(3)26-25(29)23-13-7-15-31-23/h4-6,9-12,19,23H,7-8,13-16H2,1-3H3,(H,26,29). The molecule has 1 aromatic heterocycles. The molecule has 1 aliphatic rings. The normalized spacial score (nSPS) is 17.1. The number of para-hydroxylation sites is 2. The van der Waals surface area contributed by atoms with Gasteiger partial charge in [0.15, 0.2) is 0 Å². The van der Waals surface area contributed by atoms with Crippen LogP contribution < -0.4 is 10.1 Å². The Morgan fingerprint density at radius 3 is 2.90 bits per heavy atom. The Kier molecular flexibility index (Phi) is 6.56. The van der Waals surface area contributed by atoms with Crippen LogP contribution in [-0.2, 0) is 16.1 Å². The Balaban J connectivity index is 1.45. The highest BCUT2D eigenvalue weighted by molar-refractivity contribution is 5.81. The van der Waals surface area contributed by atoms with E-state index in [1.54, 1.807) is 0 Å². The smallest absolute Gasteiger partial charge is 0.249 e. The third-order valence-electron chi connectivity index (χ3n) is 5.99. The zero-order valence-electron chi connectivity index (χ0n) is 18.6. The topological polar surface area (TPSA) is 65.4 Å². The average Bonchev–Trinajstić information content (AvgIpc) is 3.42. The number of benzene rings is 2. The number of nitrogens with one attached hydrogen (secondary N) is 1. The molecule has 0 bridgehead atoms. The fourth-order valence-electron chi connectivity index (χ4n) is 4.10. The van der Waals surface area contributed by atoms with Gasteiger partial charge in [0.2, 0.25) is 5.91 Å². The number of aryl methyl sites for hydroxylation is 2. The van der Waals surface area contributed by atoms with E-state index in [1.807, 2.05) is 37.3 Å². The predicted octanol–water partition coefficient (Wildman–Crippen LogP) is 4.48. The van der Waals surface area contributed by atoms with Crippen LogP contribution >= 0.6 is 0 Å². The molecule has 0 aliphatic carbocycles. The maximum absolute atomic E-state index is 12.5. The lowest BCUT2D eigenvalue weighted by Crippen LogP contribution is -2.36. The van der Waals surface area contributed by atoms with Gasteiger partial charge in [0.05, 0.1) is 23.7 Å². The summed E-state index contributed by atoms with van der Waals surface area (Å²) in [6.45, 7) is 8.21. The third-order valence-corrected chi connectivity index (χ3v) is 5.99. The second kappa shape index (κ2) is 9.52. The van der Waals surface area contributed by atoms with E-state index >= 15 is 0 Å². The number of carbonyl (C=O) groups excluding carboxylic acids is 1. The summed E-state index contributed by atoms with van der Waals surface area (Å²) in [6.07, 6.45) is 2.22. The maximum atomic E-state index is 12.5. The second-order valence-electron chi connectivity index (χ2n) is 8.24. The number of hydrogen-bond acceptors (Lipinski definition) is 4. The lowest BCUT2D eigenvalue weighted by Gasteiger charge is -2.18. The molecule has 2 aromatic carbocycles. The molecule has 6 heteroatoms. The zero-order chi connectivity index (χ0) is 21.8. The van der Waals surface area contributed by atoms with Crippen LogP contribution in [0.25, 0.3) is 11.0 Å². The second-order valence-corrected chi connectivity index (χ2v) is 8.24. The molecule has 2 atom stereocenters. The van der Waals surface area contributed by atoms with Gasteiger partial charge in [-0.15, -0.1) is 0 Å². The van der Waals surface area contributed by atoms with Gasteiger partial charge in [-0.1, -0.05) is 24.3 Å². The van der Waals surface area contributed by atoms with Crippen LogP contribution in [-0.4, -0.2) is 34.8 Å². The number of rotatable bonds is 8. The first kappa shape index (κ1) is 21.4. The van der Waals surface area contributed by atoms with Crippen molar-refractivity contribution in [2.45, 2.75) is 58.7 Å². The Labute approximate surface area is 183 Å². The van der Waals surface area contributed by atoms with Crippen LogP contribution in [0, 0.1) is 13.8 Å². The molecular formula is C25H31N3O3. The molecule has 4 rings (SSSR count). The van der Waals surface area contributed by atoms with Gasteiger partial charge in [-0.25, -0.2) is 4.98 Å². The van der Waals surface area contributed by atoms with Gasteiger partial charge in [-0.2, -0.15) is 0 Å². The van der Waals surface area contributed by atoms with E-state index in [-0.39, 0.29) is 18.1 Å². The van der Waals surface area contributed by atoms with E-state index in [2.05, 4.69) is 35.9 Å². The Morgan fingerprint density at radius 2 is 2.10 bits per heavy atom. The Hall–Kier alpha value is -2.86. The molecule has 0 spiro atoms. The molecule has 1 saturated heterocycles. The van der Waals surface area contributed by atoms with E-state index in [0.29, 0.717) is 13.2 Å². The number of nitrogens with zero attached hydrogens (tertiary/aromatic N) is 2. The maximum Gasteiger partial charge on any atom is 0.249 e. The van der Waals surface area contributed by atoms with E-state index in [0.717, 1.165) is 48.4 Å². The lowest BCUT2D eigenvalue weighted by atomic mass is 10.1. The van der Waals surface area contributed by atoms with Gasteiger partial charge in [0, 0.05) is 13.2 Å². The highest BCUT2D eigenvalue weighted by Crippen LogP contribution is 2.23. The molecule has 1 amide bonds. The first-order valence-corrected chi connectivity index (χ1v) is 11.1. The van der Waals surface area contributed by atoms with Crippen LogP contribution in [0.2, 0.25) is 0 Å². The molecule has 2 heterocycles. The summed E-state index contributed by atoms with van der Waals surface area (Å²) in [7, 11) is 0. The van der Waals surface area contributed by atoms with Crippen molar-refractivity contribution < 1.29 is 14.3 Å². The van der Waals surface area contributed by atoms with Crippen molar-refractivity contribution in [2.75, 3.05) is 13.2 Å². The summed E-state index contributed by atoms with van der Waals surface area (Å²) < 4.78 is 13.8. The molecular weight excluding hydrogens is 390 g/mol. The summed E-state index contributed by atoms with van der Waals surface area (Å²) in [5, 5.41) is 3.09. The average molecular weight is 422 g/mol. The molecule has 3 aromatic rings. The molecule has 2 unspecified atom stereocenters. The van der Waals surface area contributed by atoms with Crippen molar-refractivity contribution in [1.29, 1.82) is 0 Å². The lowest BCUT2D eigenvalue weighted by molar-refractivity contribution is -0.130. The van der Waals surface area contributed by atoms with Crippen LogP contribution in [0.5, 0.6) is 5.75 Å². The van der Waals surface area contributed by atoms with Crippen LogP contribution in [0.3, 0.4) is 0 Å². The van der Waals surface area contributed by atoms with Crippen molar-refractivity contribution in [1.82, 2.24) is 14.9 Å². The van der Waals surface area contributed by atoms with Gasteiger partial charge in [0.25, 0.3) is 0 Å². The van der Waals surface area contributed by atoms with Crippen LogP contribution in [0.1, 0.15) is 49.2 Å². The van der Waals surface area contributed by atoms with Crippen molar-refractivity contribution in [3.05, 3.63) is 59.4 Å². The molecule has 1 aliphatic heterocycles. The number of hydrogen-bond donors (Lipinski definition) is 1. The molecule has 164 valence electrons. The zero-order valence-corrected chi connectivity index (χ0v) is 18.6. The number of fused-ring (bicyclic) bond motifs is 1. The highest BCUT2D eigenvalue weighted by atomic mass is 16.5. The minimum absolute atomic E-state index is 0.0538. The van der Waals surface area contributed by atoms with E-state index < -0.39 is 0 Å². The summed E-state index contributed by atoms with van der Waals surface area (Å²) in [4.78, 5) is 17.4. The van der Waals surface area contributed by atoms with Gasteiger partial charge in [0.1, 0.15) is 17.7 Å². The van der Waals surface area contributed by atoms with Crippen LogP contribution in [0.15, 0.2) is 42.5 Å². The van der Waals surface area contributed by atoms with Crippen molar-refractivity contribution >= 4 is 16.9 Å². The van der Waals surface area contributed by atoms with Gasteiger partial charge >= 0.3 is 0 Å². The van der Waals surface area contributed by atoms with Gasteiger partial charge in [-0.3, -0.25) is 4.79 Å². The predicted molar refractivity (Wildman–Crippen MR) is 121 cm³/mol. The van der Waals surface area contributed by atoms with Gasteiger partial charge < -0.3 is 19.4 Å². The van der Waals surface area contributed by atoms with E-state index in [4.69, 9.17) is 14.5 Å². The summed E-state index contributed by atoms with van der Waals surface area (Å²) in [5.74, 6) is 1.74. The summed E-state index contributed by atoms with van der Waals surface area (Å²) in [6, 6.07) is 14.0. The third kappa shape index (κ3) is 4.74. The molecule has 0 radical (unpaired) electrons. The summed E-state index contributed by atoms with van der Waals surface area (Å²) in [5.41, 5.74) is 4.42. The largest absolute Gasteiger partial charge is 0.493 e. The minimum Gasteiger partial charge on any atom is -0.493 e. The van der Waals surface area contributed by atoms with Crippen molar-refractivity contribution in [2.24, 2.45) is 0 Å². The Bertz CT molecular complexity index is 1050. The monoisotopic (exact) mass is 421 g/mol. The number of amides is 1. The molecule has 0 saturated carbocycles. The van der Waals surface area contributed by atoms with Crippen molar-refractivity contribution in [3.8, 4) is 5.75 Å². The first-order valence-electron chi connectivity index (χ1n) is 11.1. The van der Waals surface area contributed by atoms with E-state index in [9.17, 15) is 4.79 Å². The molecule has 1 fully saturated rings. The fourth-order valence-corrected chi connectivity index (χ4v) is 4.10. The fraction of sp³-hybridized carbons (Fsp3) is 0.440. The molecule has 6 nitrogen and oxygen atoms in total. The highest BCUT2D eigenvalue weighted by Gasteiger charge is 2.26. The Morgan fingerprint density at radius 1 is 1.26 bits per heavy atom. The molecule has 1 N–H and O–H groups in total. The number of imidazole rings is 1. The number of aromatic nitrogens is 2. The minimum atomic E-state index is -0.341. The van der Waals surface area contributed by atoms with Gasteiger partial charge in [-0.05, 0) is 69.4 Å². The number of carbonyl (C=O) groups is 1. The quantitative estimate of drug-likeness (QED) is 0.545. The van der Waals surface area contributed by atoms with Crippen LogP contribution in [0.4, 0.5) is 0 Å². The van der Waals surface area contributed by atoms with Crippen molar-refractivity contribution in [3.63, 3.8) is 0 Å². The summed E-state index contributed by atoms with van der Waals surface area (Å²) >= 11 is 0.